The van der Waals surface area contributed by atoms with Gasteiger partial charge in [-0.2, -0.15) is 5.26 Å². The fourth-order valence-corrected chi connectivity index (χ4v) is 1.10. The number of nitrogens with zero attached hydrogens (tertiary/aromatic N) is 1. The molecule has 0 aromatic heterocycles. The molecule has 1 rings (SSSR count). The smallest absolute Gasteiger partial charge is 0.221 e. The van der Waals surface area contributed by atoms with E-state index in [1.54, 1.807) is 12.1 Å². The van der Waals surface area contributed by atoms with Gasteiger partial charge in [-0.05, 0) is 24.6 Å². The summed E-state index contributed by atoms with van der Waals surface area (Å²) in [5.74, 6) is -0.128. The molecule has 0 aliphatic heterocycles. The van der Waals surface area contributed by atoms with Gasteiger partial charge in [-0.1, -0.05) is 6.07 Å². The second kappa shape index (κ2) is 4.28. The molecule has 4 nitrogen and oxygen atoms in total. The normalized spacial score (nSPS) is 8.93. The van der Waals surface area contributed by atoms with E-state index in [-0.39, 0.29) is 5.91 Å². The Morgan fingerprint density at radius 3 is 2.79 bits per heavy atom. The van der Waals surface area contributed by atoms with Crippen molar-refractivity contribution in [2.45, 2.75) is 13.8 Å². The molecule has 2 N–H and O–H groups in total. The first-order valence-corrected chi connectivity index (χ1v) is 4.17. The molecule has 0 spiro atoms. The maximum atomic E-state index is 10.8. The first-order valence-electron chi connectivity index (χ1n) is 4.17. The average molecular weight is 189 g/mol. The molecule has 4 heteroatoms. The molecule has 0 heterocycles. The van der Waals surface area contributed by atoms with Crippen LogP contribution in [-0.2, 0) is 4.79 Å². The fraction of sp³-hybridized carbons (Fsp3) is 0.200. The van der Waals surface area contributed by atoms with Gasteiger partial charge in [0.2, 0.25) is 5.91 Å². The topological polar surface area (TPSA) is 64.9 Å². The molecule has 72 valence electrons. The summed E-state index contributed by atoms with van der Waals surface area (Å²) in [5.41, 5.74) is 2.35. The Morgan fingerprint density at radius 2 is 2.21 bits per heavy atom. The maximum Gasteiger partial charge on any atom is 0.221 e. The van der Waals surface area contributed by atoms with Crippen molar-refractivity contribution in [1.82, 2.24) is 0 Å². The zero-order chi connectivity index (χ0) is 10.6. The summed E-state index contributed by atoms with van der Waals surface area (Å²) in [6.45, 7) is 3.33. The van der Waals surface area contributed by atoms with Crippen LogP contribution in [-0.4, -0.2) is 5.91 Å². The largest absolute Gasteiger partial charge is 0.326 e. The van der Waals surface area contributed by atoms with E-state index in [9.17, 15) is 4.79 Å². The minimum atomic E-state index is -0.128. The second-order valence-electron chi connectivity index (χ2n) is 2.95. The lowest BCUT2D eigenvalue weighted by Crippen LogP contribution is -2.06. The molecule has 1 aromatic rings. The summed E-state index contributed by atoms with van der Waals surface area (Å²) < 4.78 is 0. The van der Waals surface area contributed by atoms with Gasteiger partial charge in [0.25, 0.3) is 0 Å². The zero-order valence-electron chi connectivity index (χ0n) is 8.09. The molecular formula is C10H11N3O. The van der Waals surface area contributed by atoms with E-state index in [1.165, 1.54) is 6.92 Å². The van der Waals surface area contributed by atoms with Crippen molar-refractivity contribution >= 4 is 17.3 Å². The molecule has 0 aliphatic rings. The van der Waals surface area contributed by atoms with Crippen LogP contribution in [0.3, 0.4) is 0 Å². The Morgan fingerprint density at radius 1 is 1.50 bits per heavy atom. The van der Waals surface area contributed by atoms with Crippen molar-refractivity contribution in [1.29, 1.82) is 5.26 Å². The highest BCUT2D eigenvalue weighted by molar-refractivity contribution is 5.89. The van der Waals surface area contributed by atoms with Crippen LogP contribution in [0.2, 0.25) is 0 Å². The monoisotopic (exact) mass is 189 g/mol. The molecular weight excluding hydrogens is 178 g/mol. The van der Waals surface area contributed by atoms with Gasteiger partial charge in [-0.3, -0.25) is 10.1 Å². The van der Waals surface area contributed by atoms with Crippen molar-refractivity contribution in [2.24, 2.45) is 0 Å². The van der Waals surface area contributed by atoms with Gasteiger partial charge in [-0.25, -0.2) is 0 Å². The van der Waals surface area contributed by atoms with E-state index in [2.05, 4.69) is 10.6 Å². The minimum absolute atomic E-state index is 0.128. The lowest BCUT2D eigenvalue weighted by Gasteiger charge is -2.06. The third kappa shape index (κ3) is 2.49. The highest BCUT2D eigenvalue weighted by Crippen LogP contribution is 2.19. The van der Waals surface area contributed by atoms with Crippen molar-refractivity contribution in [2.75, 3.05) is 10.6 Å². The number of carbonyl (C=O) groups is 1. The van der Waals surface area contributed by atoms with E-state index >= 15 is 0 Å². The second-order valence-corrected chi connectivity index (χ2v) is 2.95. The molecule has 0 fully saturated rings. The summed E-state index contributed by atoms with van der Waals surface area (Å²) in [6.07, 6.45) is 1.84. The van der Waals surface area contributed by atoms with Gasteiger partial charge >= 0.3 is 0 Å². The number of aryl methyl sites for hydroxylation is 1. The highest BCUT2D eigenvalue weighted by atomic mass is 16.1. The van der Waals surface area contributed by atoms with E-state index in [4.69, 9.17) is 5.26 Å². The number of benzene rings is 1. The zero-order valence-corrected chi connectivity index (χ0v) is 8.09. The quantitative estimate of drug-likeness (QED) is 0.551. The maximum absolute atomic E-state index is 10.8. The Bertz CT molecular complexity index is 393. The van der Waals surface area contributed by atoms with E-state index in [0.29, 0.717) is 11.4 Å². The number of amides is 1. The van der Waals surface area contributed by atoms with Crippen molar-refractivity contribution in [3.8, 4) is 6.19 Å². The number of rotatable bonds is 2. The minimum Gasteiger partial charge on any atom is -0.326 e. The number of nitriles is 1. The van der Waals surface area contributed by atoms with Gasteiger partial charge in [0.15, 0.2) is 6.19 Å². The fourth-order valence-electron chi connectivity index (χ4n) is 1.10. The number of nitrogens with one attached hydrogen (secondary N) is 2. The molecule has 0 aliphatic carbocycles. The van der Waals surface area contributed by atoms with Crippen molar-refractivity contribution in [3.63, 3.8) is 0 Å². The van der Waals surface area contributed by atoms with Crippen LogP contribution < -0.4 is 10.6 Å². The summed E-state index contributed by atoms with van der Waals surface area (Å²) in [4.78, 5) is 10.8. The van der Waals surface area contributed by atoms with E-state index in [1.807, 2.05) is 19.2 Å². The van der Waals surface area contributed by atoms with Crippen LogP contribution >= 0.6 is 0 Å². The van der Waals surface area contributed by atoms with Crippen LogP contribution in [0.5, 0.6) is 0 Å². The van der Waals surface area contributed by atoms with Crippen LogP contribution in [0, 0.1) is 18.4 Å². The standard InChI is InChI=1S/C10H11N3O/c1-7-3-4-9(13-8(2)14)5-10(7)12-6-11/h3-5,12H,1-2H3,(H,13,14). The summed E-state index contributed by atoms with van der Waals surface area (Å²) in [5, 5.41) is 13.7. The molecule has 0 unspecified atom stereocenters. The average Bonchev–Trinajstić information content (AvgIpc) is 2.10. The highest BCUT2D eigenvalue weighted by Gasteiger charge is 2.00. The lowest BCUT2D eigenvalue weighted by atomic mass is 10.2. The SMILES string of the molecule is CC(=O)Nc1ccc(C)c(NC#N)c1. The third-order valence-electron chi connectivity index (χ3n) is 1.75. The van der Waals surface area contributed by atoms with Crippen molar-refractivity contribution in [3.05, 3.63) is 23.8 Å². The summed E-state index contributed by atoms with van der Waals surface area (Å²) in [7, 11) is 0. The molecule has 1 amide bonds. The molecule has 0 bridgehead atoms. The number of carbonyl (C=O) groups excluding carboxylic acids is 1. The third-order valence-corrected chi connectivity index (χ3v) is 1.75. The lowest BCUT2D eigenvalue weighted by molar-refractivity contribution is -0.114. The number of anilines is 2. The van der Waals surface area contributed by atoms with Crippen LogP contribution in [0.1, 0.15) is 12.5 Å². The van der Waals surface area contributed by atoms with Crippen molar-refractivity contribution < 1.29 is 4.79 Å². The predicted molar refractivity (Wildman–Crippen MR) is 54.7 cm³/mol. The Kier molecular flexibility index (Phi) is 3.08. The first-order chi connectivity index (χ1) is 6.63. The van der Waals surface area contributed by atoms with Gasteiger partial charge in [-0.15, -0.1) is 0 Å². The van der Waals surface area contributed by atoms with Gasteiger partial charge < -0.3 is 5.32 Å². The molecule has 14 heavy (non-hydrogen) atoms. The Labute approximate surface area is 82.5 Å². The molecule has 0 saturated carbocycles. The summed E-state index contributed by atoms with van der Waals surface area (Å²) >= 11 is 0. The molecule has 0 saturated heterocycles. The predicted octanol–water partition coefficient (Wildman–Crippen LogP) is 1.85. The number of hydrogen-bond acceptors (Lipinski definition) is 3. The van der Waals surface area contributed by atoms with E-state index < -0.39 is 0 Å². The van der Waals surface area contributed by atoms with Gasteiger partial charge in [0.1, 0.15) is 0 Å². The van der Waals surface area contributed by atoms with Crippen LogP contribution in [0.4, 0.5) is 11.4 Å². The van der Waals surface area contributed by atoms with Crippen LogP contribution in [0.15, 0.2) is 18.2 Å². The molecule has 1 aromatic carbocycles. The van der Waals surface area contributed by atoms with Crippen LogP contribution in [0.25, 0.3) is 0 Å². The first kappa shape index (κ1) is 10.1. The number of hydrogen-bond donors (Lipinski definition) is 2. The van der Waals surface area contributed by atoms with E-state index in [0.717, 1.165) is 5.56 Å². The van der Waals surface area contributed by atoms with Gasteiger partial charge in [0, 0.05) is 12.6 Å². The molecule has 0 atom stereocenters. The Hall–Kier alpha value is -2.02. The van der Waals surface area contributed by atoms with Gasteiger partial charge in [0.05, 0.1) is 5.69 Å². The molecule has 0 radical (unpaired) electrons. The summed E-state index contributed by atoms with van der Waals surface area (Å²) in [6, 6.07) is 5.35. The Balaban J connectivity index is 2.95.